The summed E-state index contributed by atoms with van der Waals surface area (Å²) < 4.78 is 0. The molecule has 0 aromatic heterocycles. The van der Waals surface area contributed by atoms with Gasteiger partial charge in [0.25, 0.3) is 0 Å². The summed E-state index contributed by atoms with van der Waals surface area (Å²) >= 11 is 0. The van der Waals surface area contributed by atoms with Gasteiger partial charge in [0.1, 0.15) is 0 Å². The lowest BCUT2D eigenvalue weighted by Gasteiger charge is -2.59. The molecule has 136 valence electrons. The molecule has 0 saturated heterocycles. The summed E-state index contributed by atoms with van der Waals surface area (Å²) in [5.41, 5.74) is 0.665. The summed E-state index contributed by atoms with van der Waals surface area (Å²) in [5.74, 6) is 1.82. The number of hydrogen-bond acceptors (Lipinski definition) is 3. The zero-order chi connectivity index (χ0) is 17.3. The molecule has 8 atom stereocenters. The second-order valence-corrected chi connectivity index (χ2v) is 9.75. The van der Waals surface area contributed by atoms with Gasteiger partial charge in [0.15, 0.2) is 0 Å². The second-order valence-electron chi connectivity index (χ2n) is 9.75. The smallest absolute Gasteiger partial charge is 0.0958 e. The topological polar surface area (TPSA) is 60.7 Å². The molecule has 3 saturated carbocycles. The highest BCUT2D eigenvalue weighted by molar-refractivity contribution is 5.26. The fourth-order valence-corrected chi connectivity index (χ4v) is 7.38. The molecule has 0 aromatic carbocycles. The predicted molar refractivity (Wildman–Crippen MR) is 94.3 cm³/mol. The van der Waals surface area contributed by atoms with E-state index in [1.54, 1.807) is 6.92 Å². The Morgan fingerprint density at radius 3 is 2.50 bits per heavy atom. The van der Waals surface area contributed by atoms with Gasteiger partial charge in [0.2, 0.25) is 0 Å². The molecule has 3 fully saturated rings. The minimum absolute atomic E-state index is 0.151. The lowest BCUT2D eigenvalue weighted by molar-refractivity contribution is -0.170. The molecule has 0 bridgehead atoms. The Balaban J connectivity index is 1.68. The molecule has 3 N–H and O–H groups in total. The number of aliphatic hydroxyl groups is 3. The van der Waals surface area contributed by atoms with Crippen molar-refractivity contribution in [2.75, 3.05) is 0 Å². The van der Waals surface area contributed by atoms with Crippen molar-refractivity contribution < 1.29 is 15.3 Å². The van der Waals surface area contributed by atoms with E-state index in [2.05, 4.69) is 19.9 Å². The first-order valence-electron chi connectivity index (χ1n) is 10.0. The van der Waals surface area contributed by atoms with Crippen molar-refractivity contribution >= 4 is 0 Å². The average Bonchev–Trinajstić information content (AvgIpc) is 2.81. The van der Waals surface area contributed by atoms with Crippen molar-refractivity contribution in [1.82, 2.24) is 0 Å². The van der Waals surface area contributed by atoms with Crippen molar-refractivity contribution in [3.8, 4) is 0 Å². The van der Waals surface area contributed by atoms with Crippen molar-refractivity contribution in [3.63, 3.8) is 0 Å². The maximum absolute atomic E-state index is 11.2. The molecule has 4 aliphatic rings. The van der Waals surface area contributed by atoms with Crippen LogP contribution in [-0.2, 0) is 0 Å². The highest BCUT2D eigenvalue weighted by Crippen LogP contribution is 2.67. The summed E-state index contributed by atoms with van der Waals surface area (Å²) in [6.07, 6.45) is 9.56. The lowest BCUT2D eigenvalue weighted by atomic mass is 9.46. The normalized spacial score (nSPS) is 55.2. The van der Waals surface area contributed by atoms with E-state index < -0.39 is 11.7 Å². The van der Waals surface area contributed by atoms with Gasteiger partial charge in [-0.15, -0.1) is 0 Å². The third-order valence-corrected chi connectivity index (χ3v) is 8.98. The van der Waals surface area contributed by atoms with Gasteiger partial charge in [-0.3, -0.25) is 0 Å². The Hall–Kier alpha value is -0.380. The van der Waals surface area contributed by atoms with Gasteiger partial charge in [0, 0.05) is 5.41 Å². The van der Waals surface area contributed by atoms with E-state index >= 15 is 0 Å². The Labute approximate surface area is 146 Å². The van der Waals surface area contributed by atoms with Crippen LogP contribution in [0.1, 0.15) is 72.1 Å². The molecular weight excluding hydrogens is 300 g/mol. The molecule has 24 heavy (non-hydrogen) atoms. The number of hydrogen-bond donors (Lipinski definition) is 3. The van der Waals surface area contributed by atoms with Crippen LogP contribution in [0.15, 0.2) is 11.6 Å². The number of fused-ring (bicyclic) bond motifs is 5. The fraction of sp³-hybridized carbons (Fsp3) is 0.905. The summed E-state index contributed by atoms with van der Waals surface area (Å²) in [7, 11) is 0. The van der Waals surface area contributed by atoms with E-state index in [-0.39, 0.29) is 16.9 Å². The Bertz CT molecular complexity index is 555. The Kier molecular flexibility index (Phi) is 3.77. The van der Waals surface area contributed by atoms with Crippen molar-refractivity contribution in [2.24, 2.45) is 28.6 Å². The summed E-state index contributed by atoms with van der Waals surface area (Å²) in [4.78, 5) is 0. The highest BCUT2D eigenvalue weighted by atomic mass is 16.3. The largest absolute Gasteiger partial charge is 0.393 e. The van der Waals surface area contributed by atoms with Gasteiger partial charge < -0.3 is 15.3 Å². The van der Waals surface area contributed by atoms with Gasteiger partial charge in [0.05, 0.1) is 17.8 Å². The van der Waals surface area contributed by atoms with Crippen LogP contribution >= 0.6 is 0 Å². The van der Waals surface area contributed by atoms with Gasteiger partial charge in [-0.2, -0.15) is 0 Å². The molecule has 0 heterocycles. The van der Waals surface area contributed by atoms with Crippen molar-refractivity contribution in [1.29, 1.82) is 0 Å². The van der Waals surface area contributed by atoms with Crippen LogP contribution in [0.4, 0.5) is 0 Å². The average molecular weight is 335 g/mol. The van der Waals surface area contributed by atoms with Crippen LogP contribution in [0.25, 0.3) is 0 Å². The van der Waals surface area contributed by atoms with Crippen molar-refractivity contribution in [3.05, 3.63) is 11.6 Å². The van der Waals surface area contributed by atoms with E-state index in [1.165, 1.54) is 5.57 Å². The van der Waals surface area contributed by atoms with Crippen LogP contribution in [0.3, 0.4) is 0 Å². The van der Waals surface area contributed by atoms with Gasteiger partial charge >= 0.3 is 0 Å². The van der Waals surface area contributed by atoms with Crippen LogP contribution in [0, 0.1) is 28.6 Å². The second kappa shape index (κ2) is 5.31. The first-order chi connectivity index (χ1) is 11.2. The molecule has 0 aromatic rings. The summed E-state index contributed by atoms with van der Waals surface area (Å²) in [6, 6.07) is 0. The van der Waals surface area contributed by atoms with Crippen LogP contribution in [-0.4, -0.2) is 33.1 Å². The molecular formula is C21H34O3. The number of rotatable bonds is 1. The van der Waals surface area contributed by atoms with Crippen molar-refractivity contribution in [2.45, 2.75) is 89.9 Å². The Morgan fingerprint density at radius 2 is 1.79 bits per heavy atom. The number of allylic oxidation sites excluding steroid dienone is 1. The molecule has 0 unspecified atom stereocenters. The third-order valence-electron chi connectivity index (χ3n) is 8.98. The Morgan fingerprint density at radius 1 is 1.08 bits per heavy atom. The maximum atomic E-state index is 11.2. The third kappa shape index (κ3) is 2.01. The molecule has 3 nitrogen and oxygen atoms in total. The quantitative estimate of drug-likeness (QED) is 0.644. The minimum Gasteiger partial charge on any atom is -0.393 e. The first-order valence-corrected chi connectivity index (χ1v) is 10.0. The van der Waals surface area contributed by atoms with Gasteiger partial charge in [-0.05, 0) is 81.5 Å². The zero-order valence-electron chi connectivity index (χ0n) is 15.5. The number of aliphatic hydroxyl groups excluding tert-OH is 2. The van der Waals surface area contributed by atoms with E-state index in [9.17, 15) is 15.3 Å². The molecule has 0 spiro atoms. The van der Waals surface area contributed by atoms with Crippen LogP contribution < -0.4 is 0 Å². The standard InChI is InChI=1S/C21H34O3/c1-13(22)21(24)11-8-18-16-5-4-14-12-15(23)6-9-19(14,2)17(16)7-10-20(18,21)3/h4,13,15-18,22-24H,5-12H2,1-3H3/t13-,15-,16-,17-,18+,19-,20-,21-/m0/s1. The molecule has 0 amide bonds. The highest BCUT2D eigenvalue weighted by Gasteiger charge is 2.64. The SMILES string of the molecule is C[C@H](O)[C@@]1(O)CC[C@@H]2[C@H]3CC=C4C[C@@H](O)CC[C@]4(C)[C@H]3CC[C@@]21C. The fourth-order valence-electron chi connectivity index (χ4n) is 7.38. The van der Waals surface area contributed by atoms with Gasteiger partial charge in [-0.25, -0.2) is 0 Å². The van der Waals surface area contributed by atoms with Crippen LogP contribution in [0.2, 0.25) is 0 Å². The predicted octanol–water partition coefficient (Wildman–Crippen LogP) is 3.42. The molecule has 0 aliphatic heterocycles. The summed E-state index contributed by atoms with van der Waals surface area (Å²) in [5, 5.41) is 31.6. The first kappa shape index (κ1) is 17.1. The zero-order valence-corrected chi connectivity index (χ0v) is 15.5. The molecule has 0 radical (unpaired) electrons. The van der Waals surface area contributed by atoms with E-state index in [0.29, 0.717) is 17.8 Å². The molecule has 4 aliphatic carbocycles. The lowest BCUT2D eigenvalue weighted by Crippen LogP contribution is -2.58. The molecule has 4 rings (SSSR count). The van der Waals surface area contributed by atoms with Gasteiger partial charge in [-0.1, -0.05) is 25.5 Å². The minimum atomic E-state index is -0.920. The van der Waals surface area contributed by atoms with Crippen LogP contribution in [0.5, 0.6) is 0 Å². The van der Waals surface area contributed by atoms with E-state index in [1.807, 2.05) is 0 Å². The summed E-state index contributed by atoms with van der Waals surface area (Å²) in [6.45, 7) is 6.43. The monoisotopic (exact) mass is 334 g/mol. The molecule has 3 heteroatoms. The maximum Gasteiger partial charge on any atom is 0.0958 e. The van der Waals surface area contributed by atoms with E-state index in [4.69, 9.17) is 0 Å². The van der Waals surface area contributed by atoms with E-state index in [0.717, 1.165) is 51.4 Å².